The molecule has 0 bridgehead atoms. The number of para-hydroxylation sites is 1. The standard InChI is InChI=1S/C15H23NO4/c1-3-5-9-18-10-11-20-13-8-6-7-12(14(13)16)15(17)19-4-2/h6-8H,3-5,9-11,16H2,1-2H3. The SMILES string of the molecule is CCCCOCCOc1cccc(C(=O)OCC)c1N. The zero-order valence-electron chi connectivity index (χ0n) is 12.2. The molecule has 0 aliphatic heterocycles. The molecular formula is C15H23NO4. The van der Waals surface area contributed by atoms with Crippen LogP contribution in [0.3, 0.4) is 0 Å². The topological polar surface area (TPSA) is 70.8 Å². The lowest BCUT2D eigenvalue weighted by molar-refractivity contribution is 0.0527. The van der Waals surface area contributed by atoms with E-state index in [-0.39, 0.29) is 0 Å². The Morgan fingerprint density at radius 1 is 1.20 bits per heavy atom. The maximum Gasteiger partial charge on any atom is 0.340 e. The van der Waals surface area contributed by atoms with Crippen LogP contribution in [0.15, 0.2) is 18.2 Å². The van der Waals surface area contributed by atoms with Gasteiger partial charge in [0, 0.05) is 6.61 Å². The molecule has 0 fully saturated rings. The Morgan fingerprint density at radius 2 is 2.00 bits per heavy atom. The van der Waals surface area contributed by atoms with Gasteiger partial charge in [-0.05, 0) is 25.5 Å². The number of carbonyl (C=O) groups excluding carboxylic acids is 1. The van der Waals surface area contributed by atoms with Crippen molar-refractivity contribution in [2.24, 2.45) is 0 Å². The zero-order chi connectivity index (χ0) is 14.8. The summed E-state index contributed by atoms with van der Waals surface area (Å²) in [5.41, 5.74) is 6.55. The average molecular weight is 281 g/mol. The van der Waals surface area contributed by atoms with Crippen molar-refractivity contribution in [1.82, 2.24) is 0 Å². The van der Waals surface area contributed by atoms with Crippen LogP contribution >= 0.6 is 0 Å². The van der Waals surface area contributed by atoms with Gasteiger partial charge in [-0.25, -0.2) is 4.79 Å². The fraction of sp³-hybridized carbons (Fsp3) is 0.533. The predicted molar refractivity (Wildman–Crippen MR) is 78.0 cm³/mol. The molecule has 2 N–H and O–H groups in total. The Bertz CT molecular complexity index is 420. The van der Waals surface area contributed by atoms with Crippen molar-refractivity contribution in [2.75, 3.05) is 32.2 Å². The molecule has 0 radical (unpaired) electrons. The number of ether oxygens (including phenoxy) is 3. The molecule has 0 aliphatic carbocycles. The molecular weight excluding hydrogens is 258 g/mol. The number of benzene rings is 1. The van der Waals surface area contributed by atoms with Crippen LogP contribution in [0.1, 0.15) is 37.0 Å². The van der Waals surface area contributed by atoms with E-state index in [1.807, 2.05) is 0 Å². The first-order valence-electron chi connectivity index (χ1n) is 6.96. The van der Waals surface area contributed by atoms with Crippen molar-refractivity contribution in [3.05, 3.63) is 23.8 Å². The minimum absolute atomic E-state index is 0.305. The summed E-state index contributed by atoms with van der Waals surface area (Å²) in [5, 5.41) is 0. The van der Waals surface area contributed by atoms with Gasteiger partial charge in [0.15, 0.2) is 0 Å². The Balaban J connectivity index is 2.50. The molecule has 0 amide bonds. The second kappa shape index (κ2) is 9.20. The molecule has 1 rings (SSSR count). The first-order chi connectivity index (χ1) is 9.70. The first kappa shape index (κ1) is 16.3. The highest BCUT2D eigenvalue weighted by Crippen LogP contribution is 2.25. The number of carbonyl (C=O) groups is 1. The Labute approximate surface area is 120 Å². The molecule has 0 unspecified atom stereocenters. The molecule has 0 heterocycles. The Kier molecular flexibility index (Phi) is 7.50. The molecule has 0 aromatic heterocycles. The highest BCUT2D eigenvalue weighted by atomic mass is 16.5. The lowest BCUT2D eigenvalue weighted by Gasteiger charge is -2.12. The number of rotatable bonds is 9. The highest BCUT2D eigenvalue weighted by molar-refractivity contribution is 5.96. The van der Waals surface area contributed by atoms with E-state index < -0.39 is 5.97 Å². The monoisotopic (exact) mass is 281 g/mol. The molecule has 5 nitrogen and oxygen atoms in total. The summed E-state index contributed by atoms with van der Waals surface area (Å²) in [7, 11) is 0. The highest BCUT2D eigenvalue weighted by Gasteiger charge is 2.14. The zero-order valence-corrected chi connectivity index (χ0v) is 12.2. The van der Waals surface area contributed by atoms with Gasteiger partial charge in [-0.15, -0.1) is 0 Å². The maximum absolute atomic E-state index is 11.7. The van der Waals surface area contributed by atoms with E-state index in [0.717, 1.165) is 19.4 Å². The van der Waals surface area contributed by atoms with Crippen LogP contribution in [0.2, 0.25) is 0 Å². The largest absolute Gasteiger partial charge is 0.489 e. The van der Waals surface area contributed by atoms with Gasteiger partial charge < -0.3 is 19.9 Å². The second-order valence-corrected chi connectivity index (χ2v) is 4.25. The molecule has 0 spiro atoms. The van der Waals surface area contributed by atoms with E-state index in [1.165, 1.54) is 0 Å². The van der Waals surface area contributed by atoms with E-state index in [0.29, 0.717) is 36.8 Å². The molecule has 1 aromatic carbocycles. The second-order valence-electron chi connectivity index (χ2n) is 4.25. The third-order valence-electron chi connectivity index (χ3n) is 2.69. The quantitative estimate of drug-likeness (QED) is 0.428. The molecule has 0 saturated heterocycles. The minimum Gasteiger partial charge on any atom is -0.489 e. The predicted octanol–water partition coefficient (Wildman–Crippen LogP) is 2.64. The van der Waals surface area contributed by atoms with E-state index in [1.54, 1.807) is 25.1 Å². The van der Waals surface area contributed by atoms with Gasteiger partial charge in [-0.2, -0.15) is 0 Å². The average Bonchev–Trinajstić information content (AvgIpc) is 2.44. The number of nitrogen functional groups attached to an aromatic ring is 1. The lowest BCUT2D eigenvalue weighted by atomic mass is 10.1. The third-order valence-corrected chi connectivity index (χ3v) is 2.69. The Hall–Kier alpha value is -1.75. The van der Waals surface area contributed by atoms with Crippen LogP contribution in [0.5, 0.6) is 5.75 Å². The summed E-state index contributed by atoms with van der Waals surface area (Å²) >= 11 is 0. The van der Waals surface area contributed by atoms with Gasteiger partial charge in [0.2, 0.25) is 0 Å². The summed E-state index contributed by atoms with van der Waals surface area (Å²) in [6.45, 7) is 5.82. The first-order valence-corrected chi connectivity index (χ1v) is 6.96. The van der Waals surface area contributed by atoms with Crippen LogP contribution < -0.4 is 10.5 Å². The molecule has 5 heteroatoms. The fourth-order valence-corrected chi connectivity index (χ4v) is 1.62. The molecule has 1 aromatic rings. The van der Waals surface area contributed by atoms with E-state index >= 15 is 0 Å². The summed E-state index contributed by atoms with van der Waals surface area (Å²) < 4.78 is 15.9. The van der Waals surface area contributed by atoms with E-state index in [2.05, 4.69) is 6.92 Å². The number of hydrogen-bond acceptors (Lipinski definition) is 5. The van der Waals surface area contributed by atoms with Crippen LogP contribution in [0, 0.1) is 0 Å². The van der Waals surface area contributed by atoms with Crippen molar-refractivity contribution < 1.29 is 19.0 Å². The van der Waals surface area contributed by atoms with Crippen molar-refractivity contribution in [3.63, 3.8) is 0 Å². The molecule has 0 saturated carbocycles. The summed E-state index contributed by atoms with van der Waals surface area (Å²) in [6.07, 6.45) is 2.15. The number of hydrogen-bond donors (Lipinski definition) is 1. The maximum atomic E-state index is 11.7. The van der Waals surface area contributed by atoms with Gasteiger partial charge >= 0.3 is 5.97 Å². The van der Waals surface area contributed by atoms with E-state index in [4.69, 9.17) is 19.9 Å². The van der Waals surface area contributed by atoms with Crippen LogP contribution in [-0.4, -0.2) is 32.4 Å². The number of anilines is 1. The van der Waals surface area contributed by atoms with Gasteiger partial charge in [-0.3, -0.25) is 0 Å². The smallest absolute Gasteiger partial charge is 0.340 e. The number of nitrogens with two attached hydrogens (primary N) is 1. The van der Waals surface area contributed by atoms with Crippen LogP contribution in [0.4, 0.5) is 5.69 Å². The van der Waals surface area contributed by atoms with Crippen molar-refractivity contribution in [2.45, 2.75) is 26.7 Å². The van der Waals surface area contributed by atoms with Gasteiger partial charge in [0.1, 0.15) is 12.4 Å². The van der Waals surface area contributed by atoms with Crippen molar-refractivity contribution in [3.8, 4) is 5.75 Å². The lowest BCUT2D eigenvalue weighted by Crippen LogP contribution is -2.12. The number of unbranched alkanes of at least 4 members (excludes halogenated alkanes) is 1. The molecule has 0 aliphatic rings. The van der Waals surface area contributed by atoms with Gasteiger partial charge in [0.25, 0.3) is 0 Å². The minimum atomic E-state index is -0.436. The number of esters is 1. The van der Waals surface area contributed by atoms with Crippen molar-refractivity contribution in [1.29, 1.82) is 0 Å². The summed E-state index contributed by atoms with van der Waals surface area (Å²) in [5.74, 6) is 0.0456. The summed E-state index contributed by atoms with van der Waals surface area (Å²) in [4.78, 5) is 11.7. The van der Waals surface area contributed by atoms with Gasteiger partial charge in [-0.1, -0.05) is 19.4 Å². The van der Waals surface area contributed by atoms with Crippen molar-refractivity contribution >= 4 is 11.7 Å². The fourth-order valence-electron chi connectivity index (χ4n) is 1.62. The molecule has 20 heavy (non-hydrogen) atoms. The van der Waals surface area contributed by atoms with E-state index in [9.17, 15) is 4.79 Å². The molecule has 112 valence electrons. The van der Waals surface area contributed by atoms with Gasteiger partial charge in [0.05, 0.1) is 24.5 Å². The Morgan fingerprint density at radius 3 is 2.70 bits per heavy atom. The third kappa shape index (κ3) is 5.09. The van der Waals surface area contributed by atoms with Crippen LogP contribution in [0.25, 0.3) is 0 Å². The molecule has 0 atom stereocenters. The van der Waals surface area contributed by atoms with Crippen LogP contribution in [-0.2, 0) is 9.47 Å². The summed E-state index contributed by atoms with van der Waals surface area (Å²) in [6, 6.07) is 5.07. The normalized spacial score (nSPS) is 10.3.